The fourth-order valence-corrected chi connectivity index (χ4v) is 4.31. The van der Waals surface area contributed by atoms with Gasteiger partial charge in [-0.15, -0.1) is 0 Å². The molecule has 0 unspecified atom stereocenters. The molecule has 1 aromatic carbocycles. The zero-order chi connectivity index (χ0) is 14.3. The van der Waals surface area contributed by atoms with Gasteiger partial charge in [0.2, 0.25) is 6.79 Å². The van der Waals surface area contributed by atoms with Gasteiger partial charge in [-0.05, 0) is 43.7 Å². The Morgan fingerprint density at radius 1 is 1.05 bits per heavy atom. The molecule has 2 aliphatic carbocycles. The molecule has 114 valence electrons. The third kappa shape index (κ3) is 2.26. The average Bonchev–Trinajstić information content (AvgIpc) is 2.95. The summed E-state index contributed by atoms with van der Waals surface area (Å²) in [6, 6.07) is 6.09. The number of hydrogen-bond acceptors (Lipinski definition) is 4. The maximum absolute atomic E-state index is 11.2. The molecule has 3 aliphatic rings. The highest BCUT2D eigenvalue weighted by Gasteiger charge is 2.47. The number of anilines is 1. The zero-order valence-electron chi connectivity index (χ0n) is 12.3. The number of nitrogens with one attached hydrogen (secondary N) is 1. The largest absolute Gasteiger partial charge is 0.454 e. The molecule has 2 fully saturated rings. The van der Waals surface area contributed by atoms with E-state index in [4.69, 9.17) is 9.47 Å². The van der Waals surface area contributed by atoms with E-state index in [-0.39, 0.29) is 6.04 Å². The standard InChI is InChI=1S/C17H23NO3/c19-17-9-2-1-4-12(17)5-3-6-16(17)18-13-7-8-14-15(10-13)21-11-20-14/h7-8,10,12,16,18-19H,1-6,9,11H2/t12-,16-,17-/m1/s1. The second-order valence-corrected chi connectivity index (χ2v) is 6.63. The second kappa shape index (κ2) is 5.09. The van der Waals surface area contributed by atoms with E-state index in [1.165, 1.54) is 25.7 Å². The lowest BCUT2D eigenvalue weighted by atomic mass is 9.65. The Balaban J connectivity index is 1.55. The van der Waals surface area contributed by atoms with Crippen molar-refractivity contribution < 1.29 is 14.6 Å². The van der Waals surface area contributed by atoms with Gasteiger partial charge in [0.15, 0.2) is 11.5 Å². The van der Waals surface area contributed by atoms with E-state index in [0.29, 0.717) is 12.7 Å². The predicted octanol–water partition coefficient (Wildman–Crippen LogP) is 3.30. The van der Waals surface area contributed by atoms with E-state index in [9.17, 15) is 5.11 Å². The van der Waals surface area contributed by atoms with Crippen molar-refractivity contribution in [2.24, 2.45) is 5.92 Å². The third-order valence-corrected chi connectivity index (χ3v) is 5.45. The summed E-state index contributed by atoms with van der Waals surface area (Å²) < 4.78 is 10.8. The van der Waals surface area contributed by atoms with E-state index >= 15 is 0 Å². The van der Waals surface area contributed by atoms with E-state index in [1.807, 2.05) is 18.2 Å². The maximum atomic E-state index is 11.2. The Labute approximate surface area is 125 Å². The van der Waals surface area contributed by atoms with Gasteiger partial charge < -0.3 is 19.9 Å². The van der Waals surface area contributed by atoms with Crippen molar-refractivity contribution >= 4 is 5.69 Å². The fraction of sp³-hybridized carbons (Fsp3) is 0.647. The molecule has 0 saturated heterocycles. The number of benzene rings is 1. The molecule has 3 atom stereocenters. The van der Waals surface area contributed by atoms with Crippen molar-refractivity contribution in [1.29, 1.82) is 0 Å². The molecule has 21 heavy (non-hydrogen) atoms. The van der Waals surface area contributed by atoms with Crippen LogP contribution in [0.15, 0.2) is 18.2 Å². The molecule has 2 saturated carbocycles. The van der Waals surface area contributed by atoms with Gasteiger partial charge in [-0.1, -0.05) is 19.3 Å². The molecule has 4 rings (SSSR count). The summed E-state index contributed by atoms with van der Waals surface area (Å²) >= 11 is 0. The highest BCUT2D eigenvalue weighted by molar-refractivity contribution is 5.56. The summed E-state index contributed by atoms with van der Waals surface area (Å²) in [7, 11) is 0. The topological polar surface area (TPSA) is 50.7 Å². The van der Waals surface area contributed by atoms with E-state index in [1.54, 1.807) is 0 Å². The quantitative estimate of drug-likeness (QED) is 0.877. The van der Waals surface area contributed by atoms with Crippen LogP contribution in [0.1, 0.15) is 44.9 Å². The number of ether oxygens (including phenoxy) is 2. The molecule has 0 bridgehead atoms. The Morgan fingerprint density at radius 2 is 1.90 bits per heavy atom. The summed E-state index contributed by atoms with van der Waals surface area (Å²) in [6.07, 6.45) is 7.94. The minimum Gasteiger partial charge on any atom is -0.454 e. The van der Waals surface area contributed by atoms with Crippen LogP contribution in [0.2, 0.25) is 0 Å². The average molecular weight is 289 g/mol. The first kappa shape index (κ1) is 13.3. The molecule has 1 aliphatic heterocycles. The minimum atomic E-state index is -0.535. The van der Waals surface area contributed by atoms with Crippen LogP contribution < -0.4 is 14.8 Å². The lowest BCUT2D eigenvalue weighted by Gasteiger charge is -2.49. The normalized spacial score (nSPS) is 34.3. The van der Waals surface area contributed by atoms with Crippen LogP contribution in [0.5, 0.6) is 11.5 Å². The first-order valence-electron chi connectivity index (χ1n) is 8.14. The summed E-state index contributed by atoms with van der Waals surface area (Å²) in [6.45, 7) is 0.300. The van der Waals surface area contributed by atoms with Gasteiger partial charge >= 0.3 is 0 Å². The molecule has 2 N–H and O–H groups in total. The van der Waals surface area contributed by atoms with Crippen LogP contribution >= 0.6 is 0 Å². The minimum absolute atomic E-state index is 0.150. The molecular weight excluding hydrogens is 266 g/mol. The van der Waals surface area contributed by atoms with Crippen molar-refractivity contribution in [2.45, 2.75) is 56.6 Å². The lowest BCUT2D eigenvalue weighted by molar-refractivity contribution is -0.0835. The van der Waals surface area contributed by atoms with Crippen LogP contribution in [0.4, 0.5) is 5.69 Å². The summed E-state index contributed by atoms with van der Waals surface area (Å²) in [5, 5.41) is 14.8. The summed E-state index contributed by atoms with van der Waals surface area (Å²) in [4.78, 5) is 0. The highest BCUT2D eigenvalue weighted by Crippen LogP contribution is 2.45. The molecule has 4 nitrogen and oxygen atoms in total. The molecule has 0 amide bonds. The van der Waals surface area contributed by atoms with Gasteiger partial charge in [0.1, 0.15) is 0 Å². The van der Waals surface area contributed by atoms with Gasteiger partial charge in [-0.3, -0.25) is 0 Å². The molecule has 4 heteroatoms. The van der Waals surface area contributed by atoms with Crippen molar-refractivity contribution in [3.63, 3.8) is 0 Å². The van der Waals surface area contributed by atoms with Gasteiger partial charge in [0, 0.05) is 11.8 Å². The van der Waals surface area contributed by atoms with Crippen molar-refractivity contribution in [3.05, 3.63) is 18.2 Å². The number of aliphatic hydroxyl groups is 1. The second-order valence-electron chi connectivity index (χ2n) is 6.63. The van der Waals surface area contributed by atoms with Crippen LogP contribution in [0, 0.1) is 5.92 Å². The van der Waals surface area contributed by atoms with E-state index < -0.39 is 5.60 Å². The van der Waals surface area contributed by atoms with E-state index in [0.717, 1.165) is 36.4 Å². The highest BCUT2D eigenvalue weighted by atomic mass is 16.7. The first-order valence-corrected chi connectivity index (χ1v) is 8.14. The Bertz CT molecular complexity index is 531. The molecule has 1 aromatic rings. The monoisotopic (exact) mass is 289 g/mol. The third-order valence-electron chi connectivity index (χ3n) is 5.45. The maximum Gasteiger partial charge on any atom is 0.231 e. The van der Waals surface area contributed by atoms with Crippen LogP contribution in [0.25, 0.3) is 0 Å². The number of fused-ring (bicyclic) bond motifs is 2. The zero-order valence-corrected chi connectivity index (χ0v) is 12.3. The van der Waals surface area contributed by atoms with Crippen molar-refractivity contribution in [2.75, 3.05) is 12.1 Å². The fourth-order valence-electron chi connectivity index (χ4n) is 4.31. The van der Waals surface area contributed by atoms with Crippen molar-refractivity contribution in [1.82, 2.24) is 0 Å². The van der Waals surface area contributed by atoms with Crippen molar-refractivity contribution in [3.8, 4) is 11.5 Å². The number of hydrogen-bond donors (Lipinski definition) is 2. The van der Waals surface area contributed by atoms with Crippen LogP contribution in [-0.2, 0) is 0 Å². The molecule has 0 spiro atoms. The van der Waals surface area contributed by atoms with E-state index in [2.05, 4.69) is 5.32 Å². The van der Waals surface area contributed by atoms with Gasteiger partial charge in [-0.25, -0.2) is 0 Å². The van der Waals surface area contributed by atoms with Crippen LogP contribution in [0.3, 0.4) is 0 Å². The Kier molecular flexibility index (Phi) is 3.21. The summed E-state index contributed by atoms with van der Waals surface area (Å²) in [5.41, 5.74) is 0.483. The predicted molar refractivity (Wildman–Crippen MR) is 80.7 cm³/mol. The molecular formula is C17H23NO3. The number of rotatable bonds is 2. The first-order chi connectivity index (χ1) is 10.3. The molecule has 0 aromatic heterocycles. The van der Waals surface area contributed by atoms with Gasteiger partial charge in [-0.2, -0.15) is 0 Å². The Hall–Kier alpha value is -1.42. The lowest BCUT2D eigenvalue weighted by Crippen LogP contribution is -2.56. The smallest absolute Gasteiger partial charge is 0.231 e. The summed E-state index contributed by atoms with van der Waals surface area (Å²) in [5.74, 6) is 2.06. The SMILES string of the molecule is O[C@]12CCCC[C@@H]1CCC[C@H]2Nc1ccc2c(c1)OCO2. The van der Waals surface area contributed by atoms with Gasteiger partial charge in [0.05, 0.1) is 11.6 Å². The van der Waals surface area contributed by atoms with Crippen LogP contribution in [-0.4, -0.2) is 23.5 Å². The Morgan fingerprint density at radius 3 is 2.86 bits per heavy atom. The molecule has 0 radical (unpaired) electrons. The van der Waals surface area contributed by atoms with Gasteiger partial charge in [0.25, 0.3) is 0 Å². The molecule has 1 heterocycles.